The zero-order valence-corrected chi connectivity index (χ0v) is 21.0. The molecule has 3 heterocycles. The Balaban J connectivity index is 1.88. The highest BCUT2D eigenvalue weighted by Gasteiger charge is 2.50. The van der Waals surface area contributed by atoms with Crippen LogP contribution in [0.3, 0.4) is 0 Å². The number of nitrogen functional groups attached to an aromatic ring is 1. The molecule has 1 saturated heterocycles. The molecule has 1 aliphatic heterocycles. The summed E-state index contributed by atoms with van der Waals surface area (Å²) in [5.41, 5.74) is 6.62. The van der Waals surface area contributed by atoms with Crippen molar-refractivity contribution in [2.75, 3.05) is 32.7 Å². The highest BCUT2D eigenvalue weighted by molar-refractivity contribution is 5.82. The Hall–Kier alpha value is -3.49. The quantitative estimate of drug-likeness (QED) is 0.268. The summed E-state index contributed by atoms with van der Waals surface area (Å²) in [4.78, 5) is 59.7. The molecule has 14 heteroatoms. The van der Waals surface area contributed by atoms with Crippen molar-refractivity contribution >= 4 is 40.5 Å². The fraction of sp³-hybridized carbons (Fsp3) is 0.609. The van der Waals surface area contributed by atoms with Gasteiger partial charge in [-0.2, -0.15) is 0 Å². The minimum absolute atomic E-state index is 0.0120. The number of carbonyl (C=O) groups excluding carboxylic acids is 4. The molecule has 0 aromatic carbocycles. The molecule has 0 saturated carbocycles. The van der Waals surface area contributed by atoms with Gasteiger partial charge in [0.05, 0.1) is 32.4 Å². The number of nitrogens with two attached hydrogens (primary N) is 1. The highest BCUT2D eigenvalue weighted by Crippen LogP contribution is 2.36. The molecule has 2 aromatic heterocycles. The van der Waals surface area contributed by atoms with E-state index in [2.05, 4.69) is 15.0 Å². The number of anilines is 1. The second-order valence-corrected chi connectivity index (χ2v) is 8.52. The van der Waals surface area contributed by atoms with E-state index < -0.39 is 36.5 Å². The molecule has 1 aliphatic rings. The van der Waals surface area contributed by atoms with Gasteiger partial charge >= 0.3 is 11.9 Å². The lowest BCUT2D eigenvalue weighted by atomic mass is 10.1. The van der Waals surface area contributed by atoms with Crippen LogP contribution in [0.1, 0.15) is 45.8 Å². The minimum Gasteiger partial charge on any atom is -0.463 e. The van der Waals surface area contributed by atoms with E-state index in [-0.39, 0.29) is 62.9 Å². The predicted molar refractivity (Wildman–Crippen MR) is 126 cm³/mol. The van der Waals surface area contributed by atoms with Gasteiger partial charge in [0.25, 0.3) is 0 Å². The number of nitrogens with zero attached hydrogens (tertiary/aromatic N) is 4. The monoisotopic (exact) mass is 521 g/mol. The van der Waals surface area contributed by atoms with Gasteiger partial charge in [-0.05, 0) is 13.8 Å². The van der Waals surface area contributed by atoms with E-state index in [9.17, 15) is 19.2 Å². The number of esters is 2. The molecule has 2 aromatic rings. The lowest BCUT2D eigenvalue weighted by molar-refractivity contribution is -0.162. The first-order valence-corrected chi connectivity index (χ1v) is 11.7. The summed E-state index contributed by atoms with van der Waals surface area (Å²) < 4.78 is 29.9. The minimum atomic E-state index is -1.02. The Bertz CT molecular complexity index is 1120. The van der Waals surface area contributed by atoms with E-state index in [1.165, 1.54) is 33.6 Å². The van der Waals surface area contributed by atoms with Gasteiger partial charge in [0.1, 0.15) is 42.2 Å². The zero-order chi connectivity index (χ0) is 26.9. The van der Waals surface area contributed by atoms with Gasteiger partial charge in [-0.15, -0.1) is 0 Å². The summed E-state index contributed by atoms with van der Waals surface area (Å²) in [5, 5.41) is 0. The SMILES string of the molecule is COCCO[C@@H]1[C@H](OC(=O)CCC(C)=O)[C@@H](COC(=O)CCC(C)=O)O[C@H]1n1cnc2c(N)ncnc21. The standard InChI is InChI=1S/C23H31N5O9/c1-13(29)4-6-16(31)35-10-15-19(37-17(32)7-5-14(2)30)20(34-9-8-33-3)23(36-15)28-12-27-18-21(24)25-11-26-22(18)28/h11-12,15,19-20,23H,4-10H2,1-3H3,(H2,24,25,26)/t15-,19-,20-,23-/m1/s1. The first-order valence-electron chi connectivity index (χ1n) is 11.7. The lowest BCUT2D eigenvalue weighted by Crippen LogP contribution is -2.40. The third kappa shape index (κ3) is 7.50. The number of ether oxygens (including phenoxy) is 5. The van der Waals surface area contributed by atoms with Crippen LogP contribution in [-0.2, 0) is 42.9 Å². The maximum atomic E-state index is 12.6. The molecule has 0 amide bonds. The Morgan fingerprint density at radius 1 is 0.973 bits per heavy atom. The smallest absolute Gasteiger partial charge is 0.306 e. The highest BCUT2D eigenvalue weighted by atomic mass is 16.6. The van der Waals surface area contributed by atoms with Crippen LogP contribution in [0.15, 0.2) is 12.7 Å². The number of carbonyl (C=O) groups is 4. The molecule has 4 atom stereocenters. The summed E-state index contributed by atoms with van der Waals surface area (Å²) in [6, 6.07) is 0. The number of ketones is 2. The van der Waals surface area contributed by atoms with Gasteiger partial charge in [-0.1, -0.05) is 0 Å². The van der Waals surface area contributed by atoms with Crippen molar-refractivity contribution in [3.63, 3.8) is 0 Å². The molecular formula is C23H31N5O9. The van der Waals surface area contributed by atoms with E-state index in [0.29, 0.717) is 11.2 Å². The van der Waals surface area contributed by atoms with Crippen LogP contribution in [-0.4, -0.2) is 88.3 Å². The largest absolute Gasteiger partial charge is 0.463 e. The first-order chi connectivity index (χ1) is 17.7. The third-order valence-corrected chi connectivity index (χ3v) is 5.58. The number of imidazole rings is 1. The van der Waals surface area contributed by atoms with E-state index in [0.717, 1.165) is 0 Å². The van der Waals surface area contributed by atoms with Gasteiger partial charge in [0, 0.05) is 20.0 Å². The molecule has 1 fully saturated rings. The molecule has 0 radical (unpaired) electrons. The second kappa shape index (κ2) is 13.2. The summed E-state index contributed by atoms with van der Waals surface area (Å²) in [6.45, 7) is 2.86. The van der Waals surface area contributed by atoms with Crippen molar-refractivity contribution in [3.8, 4) is 0 Å². The van der Waals surface area contributed by atoms with Gasteiger partial charge in [0.2, 0.25) is 0 Å². The lowest BCUT2D eigenvalue weighted by Gasteiger charge is -2.25. The fourth-order valence-electron chi connectivity index (χ4n) is 3.72. The van der Waals surface area contributed by atoms with Gasteiger partial charge < -0.3 is 39.0 Å². The summed E-state index contributed by atoms with van der Waals surface area (Å²) >= 11 is 0. The second-order valence-electron chi connectivity index (χ2n) is 8.52. The summed E-state index contributed by atoms with van der Waals surface area (Å²) in [7, 11) is 1.51. The van der Waals surface area contributed by atoms with Gasteiger partial charge in [0.15, 0.2) is 23.8 Å². The molecule has 0 unspecified atom stereocenters. The summed E-state index contributed by atoms with van der Waals surface area (Å²) in [6.07, 6.45) is -1.18. The number of fused-ring (bicyclic) bond motifs is 1. The van der Waals surface area contributed by atoms with Crippen molar-refractivity contribution in [1.82, 2.24) is 19.5 Å². The Morgan fingerprint density at radius 2 is 1.68 bits per heavy atom. The molecule has 0 bridgehead atoms. The molecule has 14 nitrogen and oxygen atoms in total. The number of Topliss-reactive ketones (excluding diaryl/α,β-unsaturated/α-hetero) is 2. The Labute approximate surface area is 212 Å². The van der Waals surface area contributed by atoms with Crippen molar-refractivity contribution in [3.05, 3.63) is 12.7 Å². The van der Waals surface area contributed by atoms with Crippen LogP contribution in [0.4, 0.5) is 5.82 Å². The Morgan fingerprint density at radius 3 is 2.35 bits per heavy atom. The molecule has 2 N–H and O–H groups in total. The Kier molecular flexibility index (Phi) is 10.00. The van der Waals surface area contributed by atoms with Crippen LogP contribution >= 0.6 is 0 Å². The molecule has 3 rings (SSSR count). The molecule has 37 heavy (non-hydrogen) atoms. The average molecular weight is 522 g/mol. The topological polar surface area (TPSA) is 184 Å². The molecular weight excluding hydrogens is 490 g/mol. The number of rotatable bonds is 14. The maximum Gasteiger partial charge on any atom is 0.306 e. The molecule has 202 valence electrons. The zero-order valence-electron chi connectivity index (χ0n) is 21.0. The van der Waals surface area contributed by atoms with Crippen LogP contribution in [0, 0.1) is 0 Å². The predicted octanol–water partition coefficient (Wildman–Crippen LogP) is 0.531. The van der Waals surface area contributed by atoms with E-state index in [1.54, 1.807) is 4.57 Å². The van der Waals surface area contributed by atoms with Gasteiger partial charge in [-0.3, -0.25) is 14.2 Å². The van der Waals surface area contributed by atoms with Crippen molar-refractivity contribution in [2.24, 2.45) is 0 Å². The third-order valence-electron chi connectivity index (χ3n) is 5.58. The van der Waals surface area contributed by atoms with E-state index in [4.69, 9.17) is 29.4 Å². The number of aromatic nitrogens is 4. The molecule has 0 spiro atoms. The van der Waals surface area contributed by atoms with E-state index >= 15 is 0 Å². The van der Waals surface area contributed by atoms with Gasteiger partial charge in [-0.25, -0.2) is 15.0 Å². The van der Waals surface area contributed by atoms with Crippen LogP contribution in [0.25, 0.3) is 11.2 Å². The number of methoxy groups -OCH3 is 1. The van der Waals surface area contributed by atoms with Crippen molar-refractivity contribution in [2.45, 2.75) is 64.1 Å². The van der Waals surface area contributed by atoms with E-state index in [1.807, 2.05) is 0 Å². The first kappa shape index (κ1) is 28.1. The average Bonchev–Trinajstić information content (AvgIpc) is 3.42. The number of hydrogen-bond acceptors (Lipinski definition) is 13. The number of hydrogen-bond donors (Lipinski definition) is 1. The van der Waals surface area contributed by atoms with Crippen molar-refractivity contribution < 1.29 is 42.9 Å². The van der Waals surface area contributed by atoms with Crippen LogP contribution < -0.4 is 5.73 Å². The fourth-order valence-corrected chi connectivity index (χ4v) is 3.72. The maximum absolute atomic E-state index is 12.6. The van der Waals surface area contributed by atoms with Crippen LogP contribution in [0.5, 0.6) is 0 Å². The van der Waals surface area contributed by atoms with Crippen molar-refractivity contribution in [1.29, 1.82) is 0 Å². The normalized spacial score (nSPS) is 21.2. The molecule has 0 aliphatic carbocycles. The summed E-state index contributed by atoms with van der Waals surface area (Å²) in [5.74, 6) is -1.38. The van der Waals surface area contributed by atoms with Crippen LogP contribution in [0.2, 0.25) is 0 Å².